The Kier molecular flexibility index (Phi) is 46.5. The molecule has 0 aromatic heterocycles. The second kappa shape index (κ2) is 48.9. The minimum absolute atomic E-state index is 0.308. The van der Waals surface area contributed by atoms with Crippen molar-refractivity contribution in [2.24, 2.45) is 0 Å². The van der Waals surface area contributed by atoms with Crippen LogP contribution in [0.25, 0.3) is 0 Å². The lowest BCUT2D eigenvalue weighted by Crippen LogP contribution is -2.60. The summed E-state index contributed by atoms with van der Waals surface area (Å²) in [7, 11) is 0. The smallest absolute Gasteiger partial charge is 0.249 e. The fourth-order valence-electron chi connectivity index (χ4n) is 9.59. The standard InChI is InChI=1S/C59H113NO9/c1-3-5-7-9-11-13-15-17-19-20-21-22-23-24-25-26-27-28-29-30-31-32-33-34-36-38-40-42-44-46-48-53(63)58(67)60-51(50-68-59-57(66)56(65)55(64)54(49-61)69-59)52(62)47-45-43-41-39-37-35-18-16-14-12-10-8-6-4-2/h37,39,45,47,51-57,59,61-66H,3-36,38,40-44,46,48-50H2,1-2H3,(H,60,67)/b39-37+,47-45+. The highest BCUT2D eigenvalue weighted by Gasteiger charge is 2.44. The molecule has 69 heavy (non-hydrogen) atoms. The zero-order valence-electron chi connectivity index (χ0n) is 44.9. The van der Waals surface area contributed by atoms with Gasteiger partial charge in [-0.25, -0.2) is 0 Å². The van der Waals surface area contributed by atoms with Crippen LogP contribution in [0.2, 0.25) is 0 Å². The van der Waals surface area contributed by atoms with Crippen LogP contribution < -0.4 is 5.32 Å². The summed E-state index contributed by atoms with van der Waals surface area (Å²) in [4.78, 5) is 13.1. The fraction of sp³-hybridized carbons (Fsp3) is 0.915. The Balaban J connectivity index is 2.18. The molecule has 1 aliphatic heterocycles. The molecule has 7 N–H and O–H groups in total. The average molecular weight is 981 g/mol. The molecule has 0 aromatic carbocycles. The molecule has 0 spiro atoms. The van der Waals surface area contributed by atoms with Gasteiger partial charge in [0.25, 0.3) is 0 Å². The quantitative estimate of drug-likeness (QED) is 0.0232. The molecule has 1 heterocycles. The highest BCUT2D eigenvalue weighted by Crippen LogP contribution is 2.23. The highest BCUT2D eigenvalue weighted by molar-refractivity contribution is 5.80. The monoisotopic (exact) mass is 980 g/mol. The molecule has 0 aromatic rings. The van der Waals surface area contributed by atoms with E-state index in [2.05, 4.69) is 31.3 Å². The Morgan fingerprint density at radius 3 is 1.26 bits per heavy atom. The number of aliphatic hydroxyl groups is 6. The van der Waals surface area contributed by atoms with Gasteiger partial charge in [0.15, 0.2) is 6.29 Å². The number of amides is 1. The zero-order chi connectivity index (χ0) is 50.3. The Hall–Kier alpha value is -1.37. The van der Waals surface area contributed by atoms with E-state index in [1.165, 1.54) is 218 Å². The van der Waals surface area contributed by atoms with Crippen LogP contribution in [0.3, 0.4) is 0 Å². The topological polar surface area (TPSA) is 169 Å². The van der Waals surface area contributed by atoms with E-state index < -0.39 is 61.5 Å². The molecule has 0 aliphatic carbocycles. The summed E-state index contributed by atoms with van der Waals surface area (Å²) in [5, 5.41) is 64.9. The van der Waals surface area contributed by atoms with E-state index in [4.69, 9.17) is 9.47 Å². The van der Waals surface area contributed by atoms with Crippen LogP contribution in [0.5, 0.6) is 0 Å². The Labute approximate surface area is 424 Å². The summed E-state index contributed by atoms with van der Waals surface area (Å²) in [6, 6.07) is -0.994. The van der Waals surface area contributed by atoms with Crippen molar-refractivity contribution >= 4 is 5.91 Å². The number of carbonyl (C=O) groups excluding carboxylic acids is 1. The van der Waals surface area contributed by atoms with Crippen LogP contribution in [0, 0.1) is 0 Å². The van der Waals surface area contributed by atoms with E-state index in [0.717, 1.165) is 38.5 Å². The second-order valence-electron chi connectivity index (χ2n) is 20.9. The predicted octanol–water partition coefficient (Wildman–Crippen LogP) is 13.5. The fourth-order valence-corrected chi connectivity index (χ4v) is 9.59. The van der Waals surface area contributed by atoms with E-state index in [0.29, 0.717) is 12.8 Å². The lowest BCUT2D eigenvalue weighted by Gasteiger charge is -2.40. The first-order valence-electron chi connectivity index (χ1n) is 29.7. The third-order valence-electron chi connectivity index (χ3n) is 14.4. The Morgan fingerprint density at radius 2 is 0.855 bits per heavy atom. The van der Waals surface area contributed by atoms with Gasteiger partial charge in [-0.3, -0.25) is 4.79 Å². The molecule has 10 nitrogen and oxygen atoms in total. The molecular weight excluding hydrogens is 867 g/mol. The van der Waals surface area contributed by atoms with Crippen LogP contribution in [-0.2, 0) is 14.3 Å². The molecule has 1 rings (SSSR count). The first kappa shape index (κ1) is 65.6. The highest BCUT2D eigenvalue weighted by atomic mass is 16.7. The molecule has 0 radical (unpaired) electrons. The second-order valence-corrected chi connectivity index (χ2v) is 20.9. The third-order valence-corrected chi connectivity index (χ3v) is 14.4. The number of carbonyl (C=O) groups is 1. The molecule has 1 aliphatic rings. The van der Waals surface area contributed by atoms with Gasteiger partial charge >= 0.3 is 0 Å². The summed E-state index contributed by atoms with van der Waals surface area (Å²) in [6.45, 7) is 3.62. The van der Waals surface area contributed by atoms with Crippen molar-refractivity contribution in [3.8, 4) is 0 Å². The Bertz CT molecular complexity index is 1150. The summed E-state index contributed by atoms with van der Waals surface area (Å²) < 4.78 is 11.2. The first-order valence-corrected chi connectivity index (χ1v) is 29.7. The third kappa shape index (κ3) is 38.0. The summed E-state index contributed by atoms with van der Waals surface area (Å²) >= 11 is 0. The molecule has 408 valence electrons. The van der Waals surface area contributed by atoms with Crippen molar-refractivity contribution < 1.29 is 44.9 Å². The molecule has 8 unspecified atom stereocenters. The van der Waals surface area contributed by atoms with Crippen LogP contribution in [-0.4, -0.2) is 98.7 Å². The summed E-state index contributed by atoms with van der Waals surface area (Å²) in [5.41, 5.74) is 0. The van der Waals surface area contributed by atoms with Gasteiger partial charge in [0.1, 0.15) is 30.5 Å². The number of nitrogens with one attached hydrogen (secondary N) is 1. The van der Waals surface area contributed by atoms with E-state index in [9.17, 15) is 35.4 Å². The SMILES string of the molecule is CCCCCCCCCC/C=C/CC/C=C/C(O)C(COC1OC(CO)C(O)C(O)C1O)NC(=O)C(O)CCCCCCCCCCCCCCCCCCCCCCCCCCCCCCCC. The minimum atomic E-state index is -1.61. The van der Waals surface area contributed by atoms with Gasteiger partial charge < -0.3 is 45.4 Å². The summed E-state index contributed by atoms with van der Waals surface area (Å²) in [5.74, 6) is -0.621. The van der Waals surface area contributed by atoms with E-state index in [1.807, 2.05) is 6.08 Å². The van der Waals surface area contributed by atoms with Crippen LogP contribution >= 0.6 is 0 Å². The lowest BCUT2D eigenvalue weighted by atomic mass is 9.99. The summed E-state index contributed by atoms with van der Waals surface area (Å²) in [6.07, 6.45) is 51.6. The van der Waals surface area contributed by atoms with Crippen LogP contribution in [0.4, 0.5) is 0 Å². The molecule has 0 bridgehead atoms. The van der Waals surface area contributed by atoms with Gasteiger partial charge in [-0.2, -0.15) is 0 Å². The lowest BCUT2D eigenvalue weighted by molar-refractivity contribution is -0.302. The van der Waals surface area contributed by atoms with Gasteiger partial charge in [-0.15, -0.1) is 0 Å². The minimum Gasteiger partial charge on any atom is -0.394 e. The maximum absolute atomic E-state index is 13.1. The number of hydrogen-bond donors (Lipinski definition) is 7. The van der Waals surface area contributed by atoms with Crippen LogP contribution in [0.15, 0.2) is 24.3 Å². The van der Waals surface area contributed by atoms with Crippen molar-refractivity contribution in [1.82, 2.24) is 5.32 Å². The van der Waals surface area contributed by atoms with Crippen molar-refractivity contribution in [3.63, 3.8) is 0 Å². The average Bonchev–Trinajstić information content (AvgIpc) is 3.35. The zero-order valence-corrected chi connectivity index (χ0v) is 44.9. The van der Waals surface area contributed by atoms with Crippen molar-refractivity contribution in [1.29, 1.82) is 0 Å². The number of aliphatic hydroxyl groups excluding tert-OH is 6. The van der Waals surface area contributed by atoms with E-state index in [1.54, 1.807) is 6.08 Å². The van der Waals surface area contributed by atoms with Gasteiger partial charge in [-0.05, 0) is 32.1 Å². The van der Waals surface area contributed by atoms with Gasteiger partial charge in [0, 0.05) is 0 Å². The molecular formula is C59H113NO9. The maximum Gasteiger partial charge on any atom is 0.249 e. The van der Waals surface area contributed by atoms with E-state index in [-0.39, 0.29) is 6.61 Å². The predicted molar refractivity (Wildman–Crippen MR) is 287 cm³/mol. The molecule has 1 fully saturated rings. The normalized spacial score (nSPS) is 20.0. The molecule has 8 atom stereocenters. The number of rotatable bonds is 51. The molecule has 1 amide bonds. The van der Waals surface area contributed by atoms with Crippen molar-refractivity contribution in [2.75, 3.05) is 13.2 Å². The largest absolute Gasteiger partial charge is 0.394 e. The van der Waals surface area contributed by atoms with Gasteiger partial charge in [0.2, 0.25) is 5.91 Å². The van der Waals surface area contributed by atoms with Gasteiger partial charge in [0.05, 0.1) is 25.4 Å². The number of ether oxygens (including phenoxy) is 2. The van der Waals surface area contributed by atoms with Gasteiger partial charge in [-0.1, -0.05) is 276 Å². The van der Waals surface area contributed by atoms with Crippen molar-refractivity contribution in [2.45, 2.75) is 332 Å². The Morgan fingerprint density at radius 1 is 0.493 bits per heavy atom. The molecule has 0 saturated carbocycles. The van der Waals surface area contributed by atoms with Crippen molar-refractivity contribution in [3.05, 3.63) is 24.3 Å². The molecule has 1 saturated heterocycles. The number of unbranched alkanes of at least 4 members (excludes halogenated alkanes) is 38. The number of allylic oxidation sites excluding steroid dienone is 3. The van der Waals surface area contributed by atoms with Crippen LogP contribution in [0.1, 0.15) is 284 Å². The first-order chi connectivity index (χ1) is 33.8. The number of hydrogen-bond acceptors (Lipinski definition) is 9. The molecule has 10 heteroatoms. The van der Waals surface area contributed by atoms with E-state index >= 15 is 0 Å². The maximum atomic E-state index is 13.1.